The van der Waals surface area contributed by atoms with Gasteiger partial charge < -0.3 is 23.9 Å². The fourth-order valence-electron chi connectivity index (χ4n) is 3.11. The van der Waals surface area contributed by atoms with Crippen LogP contribution in [0.3, 0.4) is 0 Å². The SMILES string of the molecule is COc1ccc(S(=O)(=O)C(CNC(=O)c2cccc(OC)c2OC)c2ccco2)cc1. The lowest BCUT2D eigenvalue weighted by Gasteiger charge is -2.18. The maximum absolute atomic E-state index is 13.3. The molecule has 0 aliphatic heterocycles. The van der Waals surface area contributed by atoms with Crippen LogP contribution in [0.15, 0.2) is 70.2 Å². The highest BCUT2D eigenvalue weighted by Gasteiger charge is 2.32. The minimum Gasteiger partial charge on any atom is -0.497 e. The molecule has 1 atom stereocenters. The first kappa shape index (κ1) is 22.2. The molecule has 0 bridgehead atoms. The summed E-state index contributed by atoms with van der Waals surface area (Å²) in [6.07, 6.45) is 1.39. The van der Waals surface area contributed by atoms with Crippen molar-refractivity contribution in [1.82, 2.24) is 5.32 Å². The van der Waals surface area contributed by atoms with Gasteiger partial charge in [-0.2, -0.15) is 0 Å². The number of amides is 1. The van der Waals surface area contributed by atoms with Gasteiger partial charge in [-0.1, -0.05) is 6.07 Å². The van der Waals surface area contributed by atoms with Gasteiger partial charge >= 0.3 is 0 Å². The van der Waals surface area contributed by atoms with Gasteiger partial charge in [0.05, 0.1) is 38.1 Å². The maximum Gasteiger partial charge on any atom is 0.255 e. The fraction of sp³-hybridized carbons (Fsp3) is 0.227. The summed E-state index contributed by atoms with van der Waals surface area (Å²) in [5.41, 5.74) is 0.224. The second-order valence-electron chi connectivity index (χ2n) is 6.48. The Morgan fingerprint density at radius 1 is 0.968 bits per heavy atom. The van der Waals surface area contributed by atoms with E-state index in [1.54, 1.807) is 42.5 Å². The van der Waals surface area contributed by atoms with E-state index >= 15 is 0 Å². The van der Waals surface area contributed by atoms with Crippen LogP contribution < -0.4 is 19.5 Å². The molecule has 164 valence electrons. The van der Waals surface area contributed by atoms with Crippen molar-refractivity contribution in [3.05, 3.63) is 72.2 Å². The Morgan fingerprint density at radius 2 is 1.71 bits per heavy atom. The summed E-state index contributed by atoms with van der Waals surface area (Å²) in [7, 11) is 0.513. The molecule has 0 fully saturated rings. The topological polar surface area (TPSA) is 104 Å². The van der Waals surface area contributed by atoms with Crippen molar-refractivity contribution in [2.75, 3.05) is 27.9 Å². The third kappa shape index (κ3) is 4.66. The van der Waals surface area contributed by atoms with Gasteiger partial charge in [0.2, 0.25) is 0 Å². The zero-order valence-corrected chi connectivity index (χ0v) is 18.1. The van der Waals surface area contributed by atoms with E-state index < -0.39 is 21.0 Å². The number of nitrogens with one attached hydrogen (secondary N) is 1. The number of rotatable bonds is 9. The zero-order chi connectivity index (χ0) is 22.4. The average Bonchev–Trinajstić information content (AvgIpc) is 3.32. The van der Waals surface area contributed by atoms with E-state index in [9.17, 15) is 13.2 Å². The van der Waals surface area contributed by atoms with Gasteiger partial charge in [0.1, 0.15) is 16.8 Å². The van der Waals surface area contributed by atoms with E-state index in [4.69, 9.17) is 18.6 Å². The summed E-state index contributed by atoms with van der Waals surface area (Å²) < 4.78 is 47.6. The lowest BCUT2D eigenvalue weighted by Crippen LogP contribution is -2.32. The number of hydrogen-bond acceptors (Lipinski definition) is 7. The normalized spacial score (nSPS) is 12.1. The number of hydrogen-bond donors (Lipinski definition) is 1. The molecule has 1 unspecified atom stereocenters. The van der Waals surface area contributed by atoms with Crippen molar-refractivity contribution in [1.29, 1.82) is 0 Å². The van der Waals surface area contributed by atoms with Crippen molar-refractivity contribution in [2.24, 2.45) is 0 Å². The van der Waals surface area contributed by atoms with Gasteiger partial charge in [-0.3, -0.25) is 4.79 Å². The first-order valence-corrected chi connectivity index (χ1v) is 10.9. The van der Waals surface area contributed by atoms with E-state index in [0.29, 0.717) is 11.5 Å². The number of carbonyl (C=O) groups excluding carboxylic acids is 1. The average molecular weight is 445 g/mol. The van der Waals surface area contributed by atoms with Crippen LogP contribution in [0, 0.1) is 0 Å². The molecule has 0 spiro atoms. The minimum atomic E-state index is -3.88. The summed E-state index contributed by atoms with van der Waals surface area (Å²) in [6, 6.07) is 14.1. The summed E-state index contributed by atoms with van der Waals surface area (Å²) in [5.74, 6) is 0.900. The summed E-state index contributed by atoms with van der Waals surface area (Å²) in [5, 5.41) is 1.55. The predicted octanol–water partition coefficient (Wildman–Crippen LogP) is 3.25. The van der Waals surface area contributed by atoms with Crippen LogP contribution in [0.25, 0.3) is 0 Å². The maximum atomic E-state index is 13.3. The van der Waals surface area contributed by atoms with Gasteiger partial charge in [-0.05, 0) is 48.5 Å². The van der Waals surface area contributed by atoms with Gasteiger partial charge in [-0.15, -0.1) is 0 Å². The van der Waals surface area contributed by atoms with E-state index in [-0.39, 0.29) is 28.5 Å². The quantitative estimate of drug-likeness (QED) is 0.539. The van der Waals surface area contributed by atoms with E-state index in [0.717, 1.165) is 0 Å². The van der Waals surface area contributed by atoms with Gasteiger partial charge in [0, 0.05) is 6.54 Å². The second kappa shape index (κ2) is 9.57. The standard InChI is InChI=1S/C22H23NO7S/c1-27-15-9-11-16(12-10-15)31(25,26)20(18-8-5-13-30-18)14-23-22(24)17-6-4-7-19(28-2)21(17)29-3/h4-13,20H,14H2,1-3H3,(H,23,24). The number of para-hydroxylation sites is 1. The molecule has 31 heavy (non-hydrogen) atoms. The molecule has 0 saturated heterocycles. The zero-order valence-electron chi connectivity index (χ0n) is 17.3. The summed E-state index contributed by atoms with van der Waals surface area (Å²) in [6.45, 7) is -0.207. The van der Waals surface area contributed by atoms with Crippen molar-refractivity contribution in [3.63, 3.8) is 0 Å². The highest BCUT2D eigenvalue weighted by Crippen LogP contribution is 2.32. The molecule has 2 aromatic carbocycles. The first-order chi connectivity index (χ1) is 14.9. The number of carbonyl (C=O) groups is 1. The van der Waals surface area contributed by atoms with Crippen molar-refractivity contribution < 1.29 is 31.8 Å². The van der Waals surface area contributed by atoms with Crippen molar-refractivity contribution in [3.8, 4) is 17.2 Å². The molecule has 1 heterocycles. The first-order valence-electron chi connectivity index (χ1n) is 9.33. The number of sulfone groups is 1. The highest BCUT2D eigenvalue weighted by atomic mass is 32.2. The fourth-order valence-corrected chi connectivity index (χ4v) is 4.70. The summed E-state index contributed by atoms with van der Waals surface area (Å²) >= 11 is 0. The molecule has 0 aliphatic carbocycles. The van der Waals surface area contributed by atoms with Crippen molar-refractivity contribution in [2.45, 2.75) is 10.1 Å². The molecule has 0 radical (unpaired) electrons. The molecule has 1 N–H and O–H groups in total. The lowest BCUT2D eigenvalue weighted by atomic mass is 10.1. The third-order valence-corrected chi connectivity index (χ3v) is 6.80. The van der Waals surface area contributed by atoms with E-state index in [1.165, 1.54) is 39.7 Å². The van der Waals surface area contributed by atoms with Gasteiger partial charge in [-0.25, -0.2) is 8.42 Å². The Bertz CT molecular complexity index is 1120. The Hall–Kier alpha value is -3.46. The Labute approximate surface area is 180 Å². The molecular weight excluding hydrogens is 422 g/mol. The van der Waals surface area contributed by atoms with Gasteiger partial charge in [0.25, 0.3) is 5.91 Å². The predicted molar refractivity (Wildman–Crippen MR) is 114 cm³/mol. The molecule has 1 amide bonds. The van der Waals surface area contributed by atoms with Crippen molar-refractivity contribution >= 4 is 15.7 Å². The van der Waals surface area contributed by atoms with Crippen LogP contribution in [0.1, 0.15) is 21.4 Å². The molecule has 3 aromatic rings. The smallest absolute Gasteiger partial charge is 0.255 e. The monoisotopic (exact) mass is 445 g/mol. The largest absolute Gasteiger partial charge is 0.497 e. The van der Waals surface area contributed by atoms with Crippen LogP contribution in [-0.2, 0) is 9.84 Å². The van der Waals surface area contributed by atoms with Crippen LogP contribution in [0.4, 0.5) is 0 Å². The Morgan fingerprint density at radius 3 is 2.29 bits per heavy atom. The molecule has 1 aromatic heterocycles. The Kier molecular flexibility index (Phi) is 6.86. The third-order valence-electron chi connectivity index (χ3n) is 4.72. The van der Waals surface area contributed by atoms with Gasteiger partial charge in [0.15, 0.2) is 21.3 Å². The molecule has 8 nitrogen and oxygen atoms in total. The van der Waals surface area contributed by atoms with Crippen LogP contribution >= 0.6 is 0 Å². The molecular formula is C22H23NO7S. The molecule has 9 heteroatoms. The molecule has 0 aliphatic rings. The van der Waals surface area contributed by atoms with Crippen LogP contribution in [0.5, 0.6) is 17.2 Å². The van der Waals surface area contributed by atoms with Crippen LogP contribution in [0.2, 0.25) is 0 Å². The molecule has 3 rings (SSSR count). The van der Waals surface area contributed by atoms with Crippen LogP contribution in [-0.4, -0.2) is 42.2 Å². The number of ether oxygens (including phenoxy) is 3. The number of methoxy groups -OCH3 is 3. The second-order valence-corrected chi connectivity index (χ2v) is 8.61. The van der Waals surface area contributed by atoms with E-state index in [2.05, 4.69) is 5.32 Å². The molecule has 0 saturated carbocycles. The number of furan rings is 1. The highest BCUT2D eigenvalue weighted by molar-refractivity contribution is 7.91. The number of benzene rings is 2. The Balaban J connectivity index is 1.89. The van der Waals surface area contributed by atoms with E-state index in [1.807, 2.05) is 0 Å². The summed E-state index contributed by atoms with van der Waals surface area (Å²) in [4.78, 5) is 12.9. The minimum absolute atomic E-state index is 0.0860. The lowest BCUT2D eigenvalue weighted by molar-refractivity contribution is 0.0949.